The maximum Gasteiger partial charge on any atom is 0.224 e. The number of hydrogen-bond donors (Lipinski definition) is 0. The number of benzene rings is 1. The number of nitrogens with zero attached hydrogens (tertiary/aromatic N) is 4. The molecule has 3 rings (SSSR count). The maximum absolute atomic E-state index is 13.8. The molecule has 0 radical (unpaired) electrons. The molecule has 1 fully saturated rings. The van der Waals surface area contributed by atoms with E-state index in [0.29, 0.717) is 38.2 Å². The highest BCUT2D eigenvalue weighted by molar-refractivity contribution is 5.78. The Hall–Kier alpha value is -2.96. The van der Waals surface area contributed by atoms with Gasteiger partial charge in [0.05, 0.1) is 0 Å². The second-order valence-electron chi connectivity index (χ2n) is 7.15. The first-order chi connectivity index (χ1) is 14.0. The van der Waals surface area contributed by atoms with Crippen LogP contribution in [0.2, 0.25) is 0 Å². The molecule has 1 saturated heterocycles. The van der Waals surface area contributed by atoms with E-state index in [1.165, 1.54) is 13.0 Å². The minimum absolute atomic E-state index is 0.0443. The quantitative estimate of drug-likeness (QED) is 0.719. The Morgan fingerprint density at radius 2 is 1.76 bits per heavy atom. The standard InChI is InChI=1S/C22H27FN4O2/c1-18(28)25(12-9-19-6-2-3-7-20(19)23)13-10-22(29)27-16-14-26(15-17-27)21-8-4-5-11-24-21/h2-8,11H,9-10,12-17H2,1H3. The van der Waals surface area contributed by atoms with Gasteiger partial charge in [0, 0.05) is 58.8 Å². The molecule has 7 heteroatoms. The van der Waals surface area contributed by atoms with Crippen molar-refractivity contribution < 1.29 is 14.0 Å². The number of aromatic nitrogens is 1. The fraction of sp³-hybridized carbons (Fsp3) is 0.409. The normalized spacial score (nSPS) is 14.0. The Kier molecular flexibility index (Phi) is 7.16. The van der Waals surface area contributed by atoms with Gasteiger partial charge in [-0.3, -0.25) is 9.59 Å². The van der Waals surface area contributed by atoms with E-state index in [1.807, 2.05) is 23.1 Å². The lowest BCUT2D eigenvalue weighted by Gasteiger charge is -2.35. The molecule has 154 valence electrons. The summed E-state index contributed by atoms with van der Waals surface area (Å²) in [5, 5.41) is 0. The van der Waals surface area contributed by atoms with Gasteiger partial charge in [0.25, 0.3) is 0 Å². The highest BCUT2D eigenvalue weighted by atomic mass is 19.1. The van der Waals surface area contributed by atoms with Crippen molar-refractivity contribution in [2.45, 2.75) is 19.8 Å². The second kappa shape index (κ2) is 10.0. The van der Waals surface area contributed by atoms with Crippen LogP contribution in [-0.4, -0.2) is 65.9 Å². The molecular formula is C22H27FN4O2. The Bertz CT molecular complexity index is 823. The average molecular weight is 398 g/mol. The van der Waals surface area contributed by atoms with Crippen molar-refractivity contribution >= 4 is 17.6 Å². The average Bonchev–Trinajstić information content (AvgIpc) is 2.75. The van der Waals surface area contributed by atoms with Crippen LogP contribution in [0, 0.1) is 5.82 Å². The minimum Gasteiger partial charge on any atom is -0.353 e. The minimum atomic E-state index is -0.266. The lowest BCUT2D eigenvalue weighted by atomic mass is 10.1. The van der Waals surface area contributed by atoms with E-state index >= 15 is 0 Å². The van der Waals surface area contributed by atoms with Crippen molar-refractivity contribution in [3.8, 4) is 0 Å². The lowest BCUT2D eigenvalue weighted by Crippen LogP contribution is -2.49. The second-order valence-corrected chi connectivity index (χ2v) is 7.15. The van der Waals surface area contributed by atoms with E-state index in [9.17, 15) is 14.0 Å². The number of halogens is 1. The van der Waals surface area contributed by atoms with Crippen molar-refractivity contribution in [2.24, 2.45) is 0 Å². The number of amides is 2. The van der Waals surface area contributed by atoms with Crippen molar-refractivity contribution in [3.05, 3.63) is 60.0 Å². The molecule has 1 aliphatic rings. The van der Waals surface area contributed by atoms with Gasteiger partial charge in [0.15, 0.2) is 0 Å². The summed E-state index contributed by atoms with van der Waals surface area (Å²) in [6.07, 6.45) is 2.48. The largest absolute Gasteiger partial charge is 0.353 e. The predicted octanol–water partition coefficient (Wildman–Crippen LogP) is 2.35. The molecule has 0 bridgehead atoms. The van der Waals surface area contributed by atoms with E-state index in [-0.39, 0.29) is 24.1 Å². The van der Waals surface area contributed by atoms with Gasteiger partial charge in [-0.15, -0.1) is 0 Å². The Labute approximate surface area is 170 Å². The summed E-state index contributed by atoms with van der Waals surface area (Å²) in [5.41, 5.74) is 0.579. The molecule has 0 spiro atoms. The van der Waals surface area contributed by atoms with Gasteiger partial charge < -0.3 is 14.7 Å². The van der Waals surface area contributed by atoms with Gasteiger partial charge in [-0.25, -0.2) is 9.37 Å². The summed E-state index contributed by atoms with van der Waals surface area (Å²) in [5.74, 6) is 0.602. The number of hydrogen-bond acceptors (Lipinski definition) is 4. The SMILES string of the molecule is CC(=O)N(CCC(=O)N1CCN(c2ccccn2)CC1)CCc1ccccc1F. The zero-order valence-corrected chi connectivity index (χ0v) is 16.8. The predicted molar refractivity (Wildman–Crippen MR) is 110 cm³/mol. The molecule has 0 aliphatic carbocycles. The van der Waals surface area contributed by atoms with Gasteiger partial charge in [-0.2, -0.15) is 0 Å². The Balaban J connectivity index is 1.45. The van der Waals surface area contributed by atoms with Crippen LogP contribution in [0.5, 0.6) is 0 Å². The van der Waals surface area contributed by atoms with Crippen molar-refractivity contribution in [2.75, 3.05) is 44.2 Å². The Morgan fingerprint density at radius 1 is 1.03 bits per heavy atom. The zero-order valence-electron chi connectivity index (χ0n) is 16.8. The third-order valence-electron chi connectivity index (χ3n) is 5.26. The molecule has 0 atom stereocenters. The van der Waals surface area contributed by atoms with Crippen molar-refractivity contribution in [1.29, 1.82) is 0 Å². The maximum atomic E-state index is 13.8. The van der Waals surface area contributed by atoms with Gasteiger partial charge in [0.1, 0.15) is 11.6 Å². The van der Waals surface area contributed by atoms with Crippen LogP contribution in [0.4, 0.5) is 10.2 Å². The number of carbonyl (C=O) groups is 2. The molecule has 1 aliphatic heterocycles. The molecule has 2 heterocycles. The molecule has 1 aromatic carbocycles. The van der Waals surface area contributed by atoms with Crippen molar-refractivity contribution in [3.63, 3.8) is 0 Å². The van der Waals surface area contributed by atoms with E-state index in [0.717, 1.165) is 18.9 Å². The van der Waals surface area contributed by atoms with Crippen LogP contribution in [-0.2, 0) is 16.0 Å². The summed E-state index contributed by atoms with van der Waals surface area (Å²) < 4.78 is 13.8. The Morgan fingerprint density at radius 3 is 2.41 bits per heavy atom. The molecule has 2 aromatic rings. The third-order valence-corrected chi connectivity index (χ3v) is 5.26. The van der Waals surface area contributed by atoms with Gasteiger partial charge in [-0.05, 0) is 30.2 Å². The highest BCUT2D eigenvalue weighted by Crippen LogP contribution is 2.13. The monoisotopic (exact) mass is 398 g/mol. The first-order valence-corrected chi connectivity index (χ1v) is 9.97. The molecular weight excluding hydrogens is 371 g/mol. The summed E-state index contributed by atoms with van der Waals surface area (Å²) in [4.78, 5) is 34.5. The van der Waals surface area contributed by atoms with Gasteiger partial charge in [-0.1, -0.05) is 24.3 Å². The molecule has 0 unspecified atom stereocenters. The first kappa shape index (κ1) is 20.8. The van der Waals surface area contributed by atoms with Crippen LogP contribution < -0.4 is 4.90 Å². The number of rotatable bonds is 7. The topological polar surface area (TPSA) is 56.8 Å². The zero-order chi connectivity index (χ0) is 20.6. The fourth-order valence-corrected chi connectivity index (χ4v) is 3.50. The molecule has 0 saturated carbocycles. The van der Waals surface area contributed by atoms with E-state index in [2.05, 4.69) is 9.88 Å². The summed E-state index contributed by atoms with van der Waals surface area (Å²) in [6, 6.07) is 12.4. The number of anilines is 1. The van der Waals surface area contributed by atoms with Gasteiger partial charge in [0.2, 0.25) is 11.8 Å². The number of piperazine rings is 1. The molecule has 0 N–H and O–H groups in total. The van der Waals surface area contributed by atoms with E-state index in [1.54, 1.807) is 29.3 Å². The summed E-state index contributed by atoms with van der Waals surface area (Å²) in [7, 11) is 0. The van der Waals surface area contributed by atoms with Gasteiger partial charge >= 0.3 is 0 Å². The lowest BCUT2D eigenvalue weighted by molar-refractivity contribution is -0.133. The fourth-order valence-electron chi connectivity index (χ4n) is 3.50. The van der Waals surface area contributed by atoms with Crippen LogP contribution >= 0.6 is 0 Å². The molecule has 6 nitrogen and oxygen atoms in total. The molecule has 1 aromatic heterocycles. The van der Waals surface area contributed by atoms with Crippen LogP contribution in [0.25, 0.3) is 0 Å². The third kappa shape index (κ3) is 5.76. The van der Waals surface area contributed by atoms with Crippen molar-refractivity contribution in [1.82, 2.24) is 14.8 Å². The summed E-state index contributed by atoms with van der Waals surface area (Å²) >= 11 is 0. The number of pyridine rings is 1. The van der Waals surface area contributed by atoms with Crippen LogP contribution in [0.1, 0.15) is 18.9 Å². The first-order valence-electron chi connectivity index (χ1n) is 9.97. The van der Waals surface area contributed by atoms with E-state index < -0.39 is 0 Å². The smallest absolute Gasteiger partial charge is 0.224 e. The summed E-state index contributed by atoms with van der Waals surface area (Å²) in [6.45, 7) is 5.01. The van der Waals surface area contributed by atoms with E-state index in [4.69, 9.17) is 0 Å². The molecule has 2 amide bonds. The van der Waals surface area contributed by atoms with Crippen LogP contribution in [0.15, 0.2) is 48.7 Å². The highest BCUT2D eigenvalue weighted by Gasteiger charge is 2.22. The number of carbonyl (C=O) groups excluding carboxylic acids is 2. The van der Waals surface area contributed by atoms with Crippen LogP contribution in [0.3, 0.4) is 0 Å². The molecule has 29 heavy (non-hydrogen) atoms.